The fourth-order valence-corrected chi connectivity index (χ4v) is 2.46. The third kappa shape index (κ3) is 3.26. The Hall–Kier alpha value is -1.55. The molecule has 1 aliphatic heterocycles. The van der Waals surface area contributed by atoms with Crippen LogP contribution in [0.1, 0.15) is 18.1 Å². The van der Waals surface area contributed by atoms with Gasteiger partial charge in [0, 0.05) is 25.7 Å². The van der Waals surface area contributed by atoms with E-state index in [9.17, 15) is 4.79 Å². The number of para-hydroxylation sites is 1. The zero-order valence-corrected chi connectivity index (χ0v) is 11.9. The van der Waals surface area contributed by atoms with E-state index in [0.717, 1.165) is 36.5 Å². The van der Waals surface area contributed by atoms with E-state index < -0.39 is 0 Å². The lowest BCUT2D eigenvalue weighted by atomic mass is 10.1. The first-order valence-corrected chi connectivity index (χ1v) is 6.79. The highest BCUT2D eigenvalue weighted by molar-refractivity contribution is 5.78. The molecule has 0 radical (unpaired) electrons. The number of carbonyl (C=O) groups is 1. The molecule has 0 aliphatic carbocycles. The Morgan fingerprint density at radius 3 is 2.74 bits per heavy atom. The van der Waals surface area contributed by atoms with Gasteiger partial charge in [-0.25, -0.2) is 0 Å². The molecule has 0 saturated carbocycles. The van der Waals surface area contributed by atoms with Crippen molar-refractivity contribution in [2.75, 3.05) is 26.2 Å². The number of benzene rings is 1. The summed E-state index contributed by atoms with van der Waals surface area (Å²) in [6.45, 7) is 8.66. The van der Waals surface area contributed by atoms with Crippen molar-refractivity contribution in [2.24, 2.45) is 0 Å². The third-order valence-corrected chi connectivity index (χ3v) is 3.57. The molecule has 0 unspecified atom stereocenters. The topological polar surface area (TPSA) is 41.6 Å². The van der Waals surface area contributed by atoms with E-state index in [4.69, 9.17) is 4.74 Å². The fourth-order valence-electron chi connectivity index (χ4n) is 2.46. The van der Waals surface area contributed by atoms with Gasteiger partial charge in [0.05, 0.1) is 0 Å². The molecule has 1 aromatic carbocycles. The number of hydrogen-bond acceptors (Lipinski definition) is 3. The fraction of sp³-hybridized carbons (Fsp3) is 0.533. The molecule has 1 atom stereocenters. The van der Waals surface area contributed by atoms with E-state index in [-0.39, 0.29) is 18.6 Å². The number of ether oxygens (including phenoxy) is 1. The molecule has 0 spiro atoms. The number of hydrogen-bond donors (Lipinski definition) is 1. The molecule has 4 heteroatoms. The molecule has 0 bridgehead atoms. The van der Waals surface area contributed by atoms with E-state index in [1.807, 2.05) is 36.9 Å². The second kappa shape index (κ2) is 6.06. The Kier molecular flexibility index (Phi) is 4.43. The maximum atomic E-state index is 12.2. The van der Waals surface area contributed by atoms with Gasteiger partial charge in [-0.15, -0.1) is 0 Å². The molecule has 0 aromatic heterocycles. The minimum Gasteiger partial charge on any atom is -0.483 e. The van der Waals surface area contributed by atoms with E-state index in [1.54, 1.807) is 0 Å². The van der Waals surface area contributed by atoms with Crippen LogP contribution in [0, 0.1) is 13.8 Å². The Balaban J connectivity index is 1.96. The molecule has 1 heterocycles. The molecule has 1 aliphatic rings. The Morgan fingerprint density at radius 1 is 1.42 bits per heavy atom. The van der Waals surface area contributed by atoms with Crippen LogP contribution in [-0.2, 0) is 4.79 Å². The smallest absolute Gasteiger partial charge is 0.260 e. The van der Waals surface area contributed by atoms with E-state index in [1.165, 1.54) is 0 Å². The molecular weight excluding hydrogens is 240 g/mol. The third-order valence-electron chi connectivity index (χ3n) is 3.57. The van der Waals surface area contributed by atoms with Crippen LogP contribution in [0.4, 0.5) is 0 Å². The highest BCUT2D eigenvalue weighted by Gasteiger charge is 2.23. The maximum absolute atomic E-state index is 12.2. The Morgan fingerprint density at radius 2 is 2.11 bits per heavy atom. The minimum atomic E-state index is 0.0663. The van der Waals surface area contributed by atoms with Gasteiger partial charge in [0.1, 0.15) is 5.75 Å². The highest BCUT2D eigenvalue weighted by atomic mass is 16.5. The Labute approximate surface area is 114 Å². The van der Waals surface area contributed by atoms with Crippen molar-refractivity contribution in [1.29, 1.82) is 0 Å². The number of piperazine rings is 1. The van der Waals surface area contributed by atoms with Crippen molar-refractivity contribution in [2.45, 2.75) is 26.8 Å². The van der Waals surface area contributed by atoms with Gasteiger partial charge in [-0.3, -0.25) is 4.79 Å². The second-order valence-electron chi connectivity index (χ2n) is 5.15. The van der Waals surface area contributed by atoms with Crippen LogP contribution in [0.25, 0.3) is 0 Å². The van der Waals surface area contributed by atoms with Gasteiger partial charge in [0.2, 0.25) is 0 Å². The van der Waals surface area contributed by atoms with E-state index in [2.05, 4.69) is 12.2 Å². The summed E-state index contributed by atoms with van der Waals surface area (Å²) >= 11 is 0. The molecule has 1 saturated heterocycles. The summed E-state index contributed by atoms with van der Waals surface area (Å²) in [6.07, 6.45) is 0. The summed E-state index contributed by atoms with van der Waals surface area (Å²) in [6, 6.07) is 6.24. The lowest BCUT2D eigenvalue weighted by Crippen LogP contribution is -2.53. The molecular formula is C15H22N2O2. The lowest BCUT2D eigenvalue weighted by Gasteiger charge is -2.33. The van der Waals surface area contributed by atoms with Gasteiger partial charge in [-0.1, -0.05) is 18.2 Å². The number of amides is 1. The predicted octanol–water partition coefficient (Wildman–Crippen LogP) is 1.50. The van der Waals surface area contributed by atoms with Crippen LogP contribution in [0.2, 0.25) is 0 Å². The van der Waals surface area contributed by atoms with E-state index in [0.29, 0.717) is 0 Å². The summed E-state index contributed by atoms with van der Waals surface area (Å²) in [5, 5.41) is 3.28. The van der Waals surface area contributed by atoms with Gasteiger partial charge in [-0.05, 0) is 31.9 Å². The number of carbonyl (C=O) groups excluding carboxylic acids is 1. The molecule has 4 nitrogen and oxygen atoms in total. The molecule has 2 rings (SSSR count). The molecule has 19 heavy (non-hydrogen) atoms. The first-order chi connectivity index (χ1) is 9.09. The van der Waals surface area contributed by atoms with Gasteiger partial charge in [0.15, 0.2) is 6.61 Å². The van der Waals surface area contributed by atoms with Crippen LogP contribution in [0.15, 0.2) is 18.2 Å². The number of nitrogens with one attached hydrogen (secondary N) is 1. The SMILES string of the molecule is Cc1cccc(C)c1OCC(=O)N1CCNC[C@H]1C. The van der Waals surface area contributed by atoms with Crippen LogP contribution >= 0.6 is 0 Å². The zero-order chi connectivity index (χ0) is 13.8. The van der Waals surface area contributed by atoms with E-state index >= 15 is 0 Å². The number of nitrogens with zero attached hydrogens (tertiary/aromatic N) is 1. The first kappa shape index (κ1) is 13.9. The monoisotopic (exact) mass is 262 g/mol. The summed E-state index contributed by atoms with van der Waals surface area (Å²) < 4.78 is 5.72. The van der Waals surface area contributed by atoms with Crippen LogP contribution in [0.3, 0.4) is 0 Å². The van der Waals surface area contributed by atoms with Crippen LogP contribution in [0.5, 0.6) is 5.75 Å². The zero-order valence-electron chi connectivity index (χ0n) is 11.9. The summed E-state index contributed by atoms with van der Waals surface area (Å²) in [5.41, 5.74) is 2.14. The second-order valence-corrected chi connectivity index (χ2v) is 5.15. The molecule has 1 fully saturated rings. The summed E-state index contributed by atoms with van der Waals surface area (Å²) in [7, 11) is 0. The highest BCUT2D eigenvalue weighted by Crippen LogP contribution is 2.22. The summed E-state index contributed by atoms with van der Waals surface area (Å²) in [5.74, 6) is 0.898. The first-order valence-electron chi connectivity index (χ1n) is 6.79. The van der Waals surface area contributed by atoms with Gasteiger partial charge >= 0.3 is 0 Å². The average Bonchev–Trinajstić information content (AvgIpc) is 2.38. The van der Waals surface area contributed by atoms with Crippen LogP contribution < -0.4 is 10.1 Å². The summed E-state index contributed by atoms with van der Waals surface area (Å²) in [4.78, 5) is 14.1. The molecule has 1 aromatic rings. The number of aryl methyl sites for hydroxylation is 2. The normalized spacial score (nSPS) is 19.3. The van der Waals surface area contributed by atoms with Crippen LogP contribution in [-0.4, -0.2) is 43.1 Å². The average molecular weight is 262 g/mol. The maximum Gasteiger partial charge on any atom is 0.260 e. The standard InChI is InChI=1S/C15H22N2O2/c1-11-5-4-6-12(2)15(11)19-10-14(18)17-8-7-16-9-13(17)3/h4-6,13,16H,7-10H2,1-3H3/t13-/m1/s1. The predicted molar refractivity (Wildman–Crippen MR) is 75.5 cm³/mol. The Bertz CT molecular complexity index is 439. The van der Waals surface area contributed by atoms with Crippen molar-refractivity contribution in [3.8, 4) is 5.75 Å². The molecule has 1 amide bonds. The largest absolute Gasteiger partial charge is 0.483 e. The number of rotatable bonds is 3. The van der Waals surface area contributed by atoms with Gasteiger partial charge in [0.25, 0.3) is 5.91 Å². The van der Waals surface area contributed by atoms with Crippen molar-refractivity contribution in [3.05, 3.63) is 29.3 Å². The molecule has 1 N–H and O–H groups in total. The van der Waals surface area contributed by atoms with Gasteiger partial charge < -0.3 is 15.0 Å². The van der Waals surface area contributed by atoms with Crippen molar-refractivity contribution < 1.29 is 9.53 Å². The minimum absolute atomic E-state index is 0.0663. The van der Waals surface area contributed by atoms with Crippen molar-refractivity contribution >= 4 is 5.91 Å². The lowest BCUT2D eigenvalue weighted by molar-refractivity contribution is -0.136. The quantitative estimate of drug-likeness (QED) is 0.897. The molecule has 104 valence electrons. The van der Waals surface area contributed by atoms with Crippen molar-refractivity contribution in [3.63, 3.8) is 0 Å². The van der Waals surface area contributed by atoms with Gasteiger partial charge in [-0.2, -0.15) is 0 Å². The van der Waals surface area contributed by atoms with Crippen molar-refractivity contribution in [1.82, 2.24) is 10.2 Å².